The number of carbonyl (C=O) groups is 4. The first-order valence-corrected chi connectivity index (χ1v) is 13.8. The first kappa shape index (κ1) is 25.4. The Morgan fingerprint density at radius 2 is 0.818 bits per heavy atom. The number of nitrogens with zero attached hydrogens (tertiary/aromatic N) is 2. The Labute approximate surface area is 249 Å². The van der Waals surface area contributed by atoms with Crippen LogP contribution in [-0.2, 0) is 0 Å². The van der Waals surface area contributed by atoms with Crippen LogP contribution in [0.15, 0.2) is 109 Å². The van der Waals surface area contributed by atoms with Crippen LogP contribution in [0.4, 0.5) is 0 Å². The van der Waals surface area contributed by atoms with E-state index in [-0.39, 0.29) is 33.8 Å². The van der Waals surface area contributed by atoms with E-state index < -0.39 is 23.6 Å². The molecular formula is C36H20N2O6. The number of rotatable bonds is 3. The van der Waals surface area contributed by atoms with E-state index >= 15 is 0 Å². The van der Waals surface area contributed by atoms with Crippen molar-refractivity contribution >= 4 is 45.2 Å². The van der Waals surface area contributed by atoms with Gasteiger partial charge in [-0.15, -0.1) is 0 Å². The number of hydrogen-bond acceptors (Lipinski definition) is 6. The van der Waals surface area contributed by atoms with Crippen molar-refractivity contribution in [3.8, 4) is 33.8 Å². The number of aromatic hydroxyl groups is 2. The Hall–Kier alpha value is -6.28. The monoisotopic (exact) mass is 576 g/mol. The lowest BCUT2D eigenvalue weighted by Crippen LogP contribution is -2.54. The molecule has 0 aliphatic carbocycles. The summed E-state index contributed by atoms with van der Waals surface area (Å²) < 4.78 is 0. The number of imide groups is 2. The fraction of sp³-hybridized carbons (Fsp3) is 0. The summed E-state index contributed by atoms with van der Waals surface area (Å²) in [6.45, 7) is 0. The Morgan fingerprint density at radius 1 is 0.409 bits per heavy atom. The van der Waals surface area contributed by atoms with Gasteiger partial charge in [0.2, 0.25) is 0 Å². The molecule has 0 radical (unpaired) electrons. The maximum absolute atomic E-state index is 14.6. The lowest BCUT2D eigenvalue weighted by molar-refractivity contribution is 0.00526. The summed E-state index contributed by atoms with van der Waals surface area (Å²) in [6, 6.07) is 29.9. The normalized spacial score (nSPS) is 14.2. The summed E-state index contributed by atoms with van der Waals surface area (Å²) in [7, 11) is 0. The molecule has 210 valence electrons. The fourth-order valence-electron chi connectivity index (χ4n) is 6.41. The lowest BCUT2D eigenvalue weighted by atomic mass is 9.84. The Morgan fingerprint density at radius 3 is 1.25 bits per heavy atom. The average molecular weight is 577 g/mol. The van der Waals surface area contributed by atoms with Gasteiger partial charge in [-0.1, -0.05) is 72.8 Å². The second-order valence-corrected chi connectivity index (χ2v) is 10.7. The Kier molecular flexibility index (Phi) is 5.26. The van der Waals surface area contributed by atoms with Crippen molar-refractivity contribution in [2.24, 2.45) is 0 Å². The highest BCUT2D eigenvalue weighted by molar-refractivity contribution is 6.34. The van der Waals surface area contributed by atoms with Crippen molar-refractivity contribution in [1.29, 1.82) is 0 Å². The molecule has 6 aromatic rings. The molecule has 0 aromatic heterocycles. The first-order chi connectivity index (χ1) is 21.3. The van der Waals surface area contributed by atoms with E-state index in [9.17, 15) is 29.4 Å². The van der Waals surface area contributed by atoms with E-state index in [1.54, 1.807) is 60.7 Å². The van der Waals surface area contributed by atoms with E-state index in [1.807, 2.05) is 24.3 Å². The van der Waals surface area contributed by atoms with Crippen LogP contribution in [-0.4, -0.2) is 43.9 Å². The van der Waals surface area contributed by atoms with Gasteiger partial charge < -0.3 is 10.2 Å². The Balaban J connectivity index is 1.43. The maximum Gasteiger partial charge on any atom is 0.281 e. The van der Waals surface area contributed by atoms with Crippen LogP contribution in [0.3, 0.4) is 0 Å². The molecule has 2 aliphatic heterocycles. The summed E-state index contributed by atoms with van der Waals surface area (Å²) in [5.74, 6) is -3.17. The Bertz CT molecular complexity index is 2120. The third kappa shape index (κ3) is 3.39. The maximum atomic E-state index is 14.6. The quantitative estimate of drug-likeness (QED) is 0.231. The van der Waals surface area contributed by atoms with Crippen molar-refractivity contribution in [1.82, 2.24) is 10.0 Å². The minimum absolute atomic E-state index is 0.0248. The van der Waals surface area contributed by atoms with Gasteiger partial charge in [-0.2, -0.15) is 10.0 Å². The number of phenolic OH excluding ortho intramolecular Hbond substituents is 2. The molecule has 0 unspecified atom stereocenters. The molecule has 0 bridgehead atoms. The highest BCUT2D eigenvalue weighted by atomic mass is 16.3. The third-order valence-corrected chi connectivity index (χ3v) is 8.29. The smallest absolute Gasteiger partial charge is 0.281 e. The predicted molar refractivity (Wildman–Crippen MR) is 163 cm³/mol. The van der Waals surface area contributed by atoms with E-state index in [1.165, 1.54) is 24.3 Å². The van der Waals surface area contributed by atoms with Crippen LogP contribution in [0.1, 0.15) is 41.4 Å². The summed E-state index contributed by atoms with van der Waals surface area (Å²) in [5.41, 5.74) is 2.44. The molecule has 2 heterocycles. The zero-order valence-electron chi connectivity index (χ0n) is 22.8. The largest absolute Gasteiger partial charge is 0.508 e. The molecule has 0 fully saturated rings. The molecule has 0 spiro atoms. The van der Waals surface area contributed by atoms with Crippen LogP contribution >= 0.6 is 0 Å². The lowest BCUT2D eigenvalue weighted by Gasteiger charge is -2.32. The molecule has 6 aromatic carbocycles. The second kappa shape index (κ2) is 9.11. The number of fused-ring (bicyclic) bond motifs is 2. The summed E-state index contributed by atoms with van der Waals surface area (Å²) >= 11 is 0. The summed E-state index contributed by atoms with van der Waals surface area (Å²) in [6.07, 6.45) is 0. The van der Waals surface area contributed by atoms with E-state index in [0.29, 0.717) is 53.8 Å². The van der Waals surface area contributed by atoms with Gasteiger partial charge in [-0.25, -0.2) is 0 Å². The van der Waals surface area contributed by atoms with Crippen LogP contribution < -0.4 is 0 Å². The number of phenols is 2. The topological polar surface area (TPSA) is 115 Å². The van der Waals surface area contributed by atoms with Gasteiger partial charge in [0.15, 0.2) is 0 Å². The van der Waals surface area contributed by atoms with Crippen molar-refractivity contribution in [3.63, 3.8) is 0 Å². The first-order valence-electron chi connectivity index (χ1n) is 13.8. The predicted octanol–water partition coefficient (Wildman–Crippen LogP) is 6.55. The van der Waals surface area contributed by atoms with Gasteiger partial charge >= 0.3 is 0 Å². The van der Waals surface area contributed by atoms with Crippen LogP contribution in [0.5, 0.6) is 11.5 Å². The van der Waals surface area contributed by atoms with Crippen LogP contribution in [0, 0.1) is 0 Å². The van der Waals surface area contributed by atoms with Gasteiger partial charge in [0, 0.05) is 16.5 Å². The second-order valence-electron chi connectivity index (χ2n) is 10.7. The molecule has 0 saturated heterocycles. The zero-order chi connectivity index (χ0) is 30.3. The molecule has 2 aliphatic rings. The number of hydrazine groups is 1. The highest BCUT2D eigenvalue weighted by Gasteiger charge is 2.49. The van der Waals surface area contributed by atoms with Gasteiger partial charge in [0.05, 0.1) is 22.3 Å². The van der Waals surface area contributed by atoms with Crippen LogP contribution in [0.2, 0.25) is 0 Å². The van der Waals surface area contributed by atoms with E-state index in [0.717, 1.165) is 0 Å². The number of carbonyl (C=O) groups excluding carboxylic acids is 4. The minimum atomic E-state index is -0.827. The third-order valence-electron chi connectivity index (χ3n) is 8.29. The molecule has 0 atom stereocenters. The van der Waals surface area contributed by atoms with Crippen LogP contribution in [0.25, 0.3) is 43.8 Å². The minimum Gasteiger partial charge on any atom is -0.508 e. The van der Waals surface area contributed by atoms with Crippen molar-refractivity contribution in [2.75, 3.05) is 0 Å². The van der Waals surface area contributed by atoms with Gasteiger partial charge in [-0.05, 0) is 63.7 Å². The van der Waals surface area contributed by atoms with E-state index in [4.69, 9.17) is 0 Å². The molecular weight excluding hydrogens is 556 g/mol. The molecule has 2 N–H and O–H groups in total. The molecule has 4 amide bonds. The number of amides is 4. The van der Waals surface area contributed by atoms with Gasteiger partial charge in [0.25, 0.3) is 23.6 Å². The van der Waals surface area contributed by atoms with Gasteiger partial charge in [-0.3, -0.25) is 19.2 Å². The van der Waals surface area contributed by atoms with Crippen molar-refractivity contribution in [3.05, 3.63) is 131 Å². The fourth-order valence-corrected chi connectivity index (χ4v) is 6.41. The van der Waals surface area contributed by atoms with Crippen molar-refractivity contribution < 1.29 is 29.4 Å². The summed E-state index contributed by atoms with van der Waals surface area (Å²) in [5, 5.41) is 23.8. The van der Waals surface area contributed by atoms with Gasteiger partial charge in [0.1, 0.15) is 11.5 Å². The number of hydrogen-bond donors (Lipinski definition) is 2. The average Bonchev–Trinajstić information content (AvgIpc) is 3.29. The number of benzene rings is 6. The highest BCUT2D eigenvalue weighted by Crippen LogP contribution is 2.47. The standard InChI is InChI=1S/C36H20N2O6/c39-22-15-11-20(12-16-22)29-24-7-1-2-8-25(24)30(21-13-17-23(40)18-14-21)32-31(29)35(43)38(36(32)44)37-33(41)26-9-3-5-19-6-4-10-27(28(19)26)34(37)42/h1-18,39-40H. The molecule has 8 rings (SSSR count). The molecule has 8 heteroatoms. The molecule has 44 heavy (non-hydrogen) atoms. The summed E-state index contributed by atoms with van der Waals surface area (Å²) in [4.78, 5) is 57.1. The zero-order valence-corrected chi connectivity index (χ0v) is 22.8. The molecule has 0 saturated carbocycles. The van der Waals surface area contributed by atoms with E-state index in [2.05, 4.69) is 0 Å². The van der Waals surface area contributed by atoms with Crippen molar-refractivity contribution in [2.45, 2.75) is 0 Å². The SMILES string of the molecule is O=C1c2c(c(-c3ccc(O)cc3)c3ccccc3c2-c2ccc(O)cc2)C(=O)N1N1C(=O)c2cccc3cccc(c23)C1=O. The molecule has 8 nitrogen and oxygen atoms in total.